The molecule has 1 fully saturated rings. The SMILES string of the molecule is CN(Cc1ncnn1C)C(=O)CC1(O)CCCCC1. The number of aliphatic hydroxyl groups is 1. The fourth-order valence-corrected chi connectivity index (χ4v) is 2.57. The Balaban J connectivity index is 1.90. The van der Waals surface area contributed by atoms with Gasteiger partial charge in [-0.2, -0.15) is 5.10 Å². The second kappa shape index (κ2) is 5.69. The molecule has 0 aliphatic heterocycles. The Kier molecular flexibility index (Phi) is 4.19. The molecule has 0 radical (unpaired) electrons. The standard InChI is InChI=1S/C13H22N4O2/c1-16(9-11-14-10-15-17(11)2)12(18)8-13(19)6-4-3-5-7-13/h10,19H,3-9H2,1-2H3. The maximum absolute atomic E-state index is 12.2. The van der Waals surface area contributed by atoms with E-state index in [9.17, 15) is 9.90 Å². The summed E-state index contributed by atoms with van der Waals surface area (Å²) < 4.78 is 1.65. The van der Waals surface area contributed by atoms with Crippen LogP contribution in [0.1, 0.15) is 44.3 Å². The van der Waals surface area contributed by atoms with Crippen molar-refractivity contribution >= 4 is 5.91 Å². The van der Waals surface area contributed by atoms with Crippen LogP contribution in [0.25, 0.3) is 0 Å². The van der Waals surface area contributed by atoms with E-state index in [1.54, 1.807) is 23.7 Å². The maximum atomic E-state index is 12.2. The van der Waals surface area contributed by atoms with Gasteiger partial charge in [-0.25, -0.2) is 4.98 Å². The van der Waals surface area contributed by atoms with Crippen LogP contribution in [0, 0.1) is 0 Å². The lowest BCUT2D eigenvalue weighted by atomic mass is 9.82. The van der Waals surface area contributed by atoms with Crippen LogP contribution in [0.4, 0.5) is 0 Å². The van der Waals surface area contributed by atoms with Crippen LogP contribution in [0.3, 0.4) is 0 Å². The topological polar surface area (TPSA) is 71.2 Å². The first-order valence-corrected chi connectivity index (χ1v) is 6.79. The van der Waals surface area contributed by atoms with E-state index in [2.05, 4.69) is 10.1 Å². The molecule has 6 nitrogen and oxygen atoms in total. The summed E-state index contributed by atoms with van der Waals surface area (Å²) in [5.74, 6) is 0.707. The highest BCUT2D eigenvalue weighted by atomic mass is 16.3. The number of aromatic nitrogens is 3. The number of rotatable bonds is 4. The van der Waals surface area contributed by atoms with Gasteiger partial charge in [0.05, 0.1) is 18.6 Å². The molecule has 1 heterocycles. The Morgan fingerprint density at radius 2 is 2.16 bits per heavy atom. The van der Waals surface area contributed by atoms with Gasteiger partial charge < -0.3 is 10.0 Å². The number of hydrogen-bond donors (Lipinski definition) is 1. The van der Waals surface area contributed by atoms with Crippen LogP contribution in [0.5, 0.6) is 0 Å². The molecule has 1 aromatic rings. The molecule has 1 N–H and O–H groups in total. The fourth-order valence-electron chi connectivity index (χ4n) is 2.57. The summed E-state index contributed by atoms with van der Waals surface area (Å²) >= 11 is 0. The molecule has 0 unspecified atom stereocenters. The highest BCUT2D eigenvalue weighted by Gasteiger charge is 2.32. The van der Waals surface area contributed by atoms with Crippen LogP contribution in [-0.2, 0) is 18.4 Å². The van der Waals surface area contributed by atoms with Crippen molar-refractivity contribution in [1.29, 1.82) is 0 Å². The van der Waals surface area contributed by atoms with Crippen molar-refractivity contribution in [3.05, 3.63) is 12.2 Å². The van der Waals surface area contributed by atoms with E-state index in [0.717, 1.165) is 37.9 Å². The molecule has 0 saturated heterocycles. The van der Waals surface area contributed by atoms with Crippen molar-refractivity contribution in [2.75, 3.05) is 7.05 Å². The molecule has 0 bridgehead atoms. The first kappa shape index (κ1) is 14.0. The lowest BCUT2D eigenvalue weighted by Crippen LogP contribution is -2.39. The molecular formula is C13H22N4O2. The van der Waals surface area contributed by atoms with Gasteiger partial charge in [0, 0.05) is 14.1 Å². The number of carbonyl (C=O) groups is 1. The highest BCUT2D eigenvalue weighted by Crippen LogP contribution is 2.31. The smallest absolute Gasteiger partial charge is 0.225 e. The summed E-state index contributed by atoms with van der Waals surface area (Å²) in [5, 5.41) is 14.4. The lowest BCUT2D eigenvalue weighted by molar-refractivity contribution is -0.137. The van der Waals surface area contributed by atoms with Gasteiger partial charge in [0.1, 0.15) is 12.2 Å². The van der Waals surface area contributed by atoms with Crippen LogP contribution in [0.2, 0.25) is 0 Å². The zero-order chi connectivity index (χ0) is 13.9. The fraction of sp³-hybridized carbons (Fsp3) is 0.769. The van der Waals surface area contributed by atoms with Crippen LogP contribution >= 0.6 is 0 Å². The lowest BCUT2D eigenvalue weighted by Gasteiger charge is -2.32. The number of aryl methyl sites for hydroxylation is 1. The molecule has 19 heavy (non-hydrogen) atoms. The summed E-state index contributed by atoms with van der Waals surface area (Å²) in [5.41, 5.74) is -0.802. The molecule has 0 aromatic carbocycles. The van der Waals surface area contributed by atoms with Crippen molar-refractivity contribution in [3.63, 3.8) is 0 Å². The van der Waals surface area contributed by atoms with Crippen molar-refractivity contribution < 1.29 is 9.90 Å². The second-order valence-electron chi connectivity index (χ2n) is 5.51. The summed E-state index contributed by atoms with van der Waals surface area (Å²) in [6, 6.07) is 0. The van der Waals surface area contributed by atoms with Gasteiger partial charge in [0.25, 0.3) is 0 Å². The number of hydrogen-bond acceptors (Lipinski definition) is 4. The maximum Gasteiger partial charge on any atom is 0.225 e. The Bertz CT molecular complexity index is 438. The molecule has 1 aliphatic carbocycles. The molecule has 1 aliphatic rings. The minimum Gasteiger partial charge on any atom is -0.389 e. The summed E-state index contributed by atoms with van der Waals surface area (Å²) in [7, 11) is 3.54. The number of nitrogens with zero attached hydrogens (tertiary/aromatic N) is 4. The van der Waals surface area contributed by atoms with E-state index >= 15 is 0 Å². The van der Waals surface area contributed by atoms with E-state index in [1.165, 1.54) is 6.33 Å². The third kappa shape index (κ3) is 3.53. The van der Waals surface area contributed by atoms with Gasteiger partial charge in [0.2, 0.25) is 5.91 Å². The average Bonchev–Trinajstić information content (AvgIpc) is 2.75. The third-order valence-electron chi connectivity index (χ3n) is 3.87. The molecule has 2 rings (SSSR count). The summed E-state index contributed by atoms with van der Waals surface area (Å²) in [6.07, 6.45) is 6.33. The van der Waals surface area contributed by atoms with Crippen molar-refractivity contribution in [2.45, 2.75) is 50.7 Å². The van der Waals surface area contributed by atoms with E-state index in [1.807, 2.05) is 0 Å². The summed E-state index contributed by atoms with van der Waals surface area (Å²) in [6.45, 7) is 0.422. The zero-order valence-corrected chi connectivity index (χ0v) is 11.7. The predicted molar refractivity (Wildman–Crippen MR) is 70.1 cm³/mol. The highest BCUT2D eigenvalue weighted by molar-refractivity contribution is 5.76. The van der Waals surface area contributed by atoms with Gasteiger partial charge in [-0.15, -0.1) is 0 Å². The van der Waals surface area contributed by atoms with Crippen LogP contribution in [-0.4, -0.2) is 43.3 Å². The quantitative estimate of drug-likeness (QED) is 0.877. The van der Waals surface area contributed by atoms with Gasteiger partial charge in [-0.1, -0.05) is 19.3 Å². The number of carbonyl (C=O) groups excluding carboxylic acids is 1. The van der Waals surface area contributed by atoms with E-state index in [-0.39, 0.29) is 12.3 Å². The molecule has 6 heteroatoms. The van der Waals surface area contributed by atoms with Crippen molar-refractivity contribution in [1.82, 2.24) is 19.7 Å². The van der Waals surface area contributed by atoms with Gasteiger partial charge in [-0.3, -0.25) is 9.48 Å². The molecule has 0 spiro atoms. The largest absolute Gasteiger partial charge is 0.389 e. The van der Waals surface area contributed by atoms with Crippen molar-refractivity contribution in [3.8, 4) is 0 Å². The normalized spacial score (nSPS) is 18.3. The zero-order valence-electron chi connectivity index (χ0n) is 11.7. The first-order chi connectivity index (χ1) is 9.00. The Morgan fingerprint density at radius 1 is 1.47 bits per heavy atom. The van der Waals surface area contributed by atoms with Crippen molar-refractivity contribution in [2.24, 2.45) is 7.05 Å². The third-order valence-corrected chi connectivity index (χ3v) is 3.87. The van der Waals surface area contributed by atoms with Crippen LogP contribution in [0.15, 0.2) is 6.33 Å². The minimum atomic E-state index is -0.802. The molecule has 1 aromatic heterocycles. The van der Waals surface area contributed by atoms with Crippen LogP contribution < -0.4 is 0 Å². The molecule has 0 atom stereocenters. The average molecular weight is 266 g/mol. The minimum absolute atomic E-state index is 0.0348. The van der Waals surface area contributed by atoms with E-state index in [4.69, 9.17) is 0 Å². The second-order valence-corrected chi connectivity index (χ2v) is 5.51. The molecule has 1 amide bonds. The molecular weight excluding hydrogens is 244 g/mol. The van der Waals surface area contributed by atoms with Gasteiger partial charge in [0.15, 0.2) is 0 Å². The first-order valence-electron chi connectivity index (χ1n) is 6.79. The van der Waals surface area contributed by atoms with Gasteiger partial charge in [-0.05, 0) is 12.8 Å². The van der Waals surface area contributed by atoms with E-state index in [0.29, 0.717) is 6.54 Å². The van der Waals surface area contributed by atoms with E-state index < -0.39 is 5.60 Å². The Morgan fingerprint density at radius 3 is 2.74 bits per heavy atom. The number of amides is 1. The molecule has 106 valence electrons. The predicted octanol–water partition coefficient (Wildman–Crippen LogP) is 0.859. The molecule has 1 saturated carbocycles. The van der Waals surface area contributed by atoms with Gasteiger partial charge >= 0.3 is 0 Å². The summed E-state index contributed by atoms with van der Waals surface area (Å²) in [4.78, 5) is 17.9. The Labute approximate surface area is 113 Å². The monoisotopic (exact) mass is 266 g/mol. The Hall–Kier alpha value is -1.43.